The fourth-order valence-corrected chi connectivity index (χ4v) is 1.63. The summed E-state index contributed by atoms with van der Waals surface area (Å²) in [5.41, 5.74) is 1.16. The second-order valence-corrected chi connectivity index (χ2v) is 4.67. The van der Waals surface area contributed by atoms with E-state index in [1.165, 1.54) is 19.3 Å². The number of rotatable bonds is 5. The van der Waals surface area contributed by atoms with Gasteiger partial charge in [0.05, 0.1) is 0 Å². The number of hydrogen-bond acceptors (Lipinski definition) is 3. The Kier molecular flexibility index (Phi) is 3.78. The van der Waals surface area contributed by atoms with Gasteiger partial charge in [0.25, 0.3) is 0 Å². The van der Waals surface area contributed by atoms with Gasteiger partial charge >= 0.3 is 0 Å². The third-order valence-corrected chi connectivity index (χ3v) is 2.88. The van der Waals surface area contributed by atoms with Crippen LogP contribution < -0.4 is 10.1 Å². The van der Waals surface area contributed by atoms with E-state index in [1.54, 1.807) is 6.20 Å². The van der Waals surface area contributed by atoms with Gasteiger partial charge in [0.1, 0.15) is 6.10 Å². The molecule has 2 rings (SSSR count). The number of nitrogens with zero attached hydrogens (tertiary/aromatic N) is 1. The molecule has 0 unspecified atom stereocenters. The van der Waals surface area contributed by atoms with Crippen LogP contribution in [0.15, 0.2) is 18.3 Å². The maximum Gasteiger partial charge on any atom is 0.218 e. The van der Waals surface area contributed by atoms with E-state index < -0.39 is 0 Å². The minimum absolute atomic E-state index is 0.396. The third-order valence-electron chi connectivity index (χ3n) is 2.88. The van der Waals surface area contributed by atoms with Crippen molar-refractivity contribution in [2.24, 2.45) is 0 Å². The molecule has 1 N–H and O–H groups in total. The third kappa shape index (κ3) is 2.95. The molecule has 0 aliphatic heterocycles. The highest BCUT2D eigenvalue weighted by Crippen LogP contribution is 2.25. The number of pyridine rings is 1. The van der Waals surface area contributed by atoms with E-state index in [0.717, 1.165) is 18.0 Å². The van der Waals surface area contributed by atoms with E-state index in [-0.39, 0.29) is 0 Å². The van der Waals surface area contributed by atoms with Crippen molar-refractivity contribution in [3.05, 3.63) is 23.9 Å². The lowest BCUT2D eigenvalue weighted by Gasteiger charge is -2.26. The number of hydrogen-bond donors (Lipinski definition) is 1. The van der Waals surface area contributed by atoms with Crippen molar-refractivity contribution in [2.75, 3.05) is 0 Å². The van der Waals surface area contributed by atoms with Crippen LogP contribution in [-0.4, -0.2) is 17.1 Å². The first kappa shape index (κ1) is 11.4. The van der Waals surface area contributed by atoms with Gasteiger partial charge in [0.15, 0.2) is 0 Å². The summed E-state index contributed by atoms with van der Waals surface area (Å²) < 4.78 is 5.86. The monoisotopic (exact) mass is 220 g/mol. The van der Waals surface area contributed by atoms with Crippen LogP contribution in [0.2, 0.25) is 0 Å². The topological polar surface area (TPSA) is 34.2 Å². The Bertz CT molecular complexity index is 334. The molecule has 1 saturated carbocycles. The molecule has 88 valence electrons. The predicted octanol–water partition coefficient (Wildman–Crippen LogP) is 2.51. The molecule has 16 heavy (non-hydrogen) atoms. The zero-order valence-electron chi connectivity index (χ0n) is 10.1. The molecular weight excluding hydrogens is 200 g/mol. The van der Waals surface area contributed by atoms with Crippen LogP contribution in [0.25, 0.3) is 0 Å². The lowest BCUT2D eigenvalue weighted by Crippen LogP contribution is -2.27. The Morgan fingerprint density at radius 1 is 1.50 bits per heavy atom. The first-order valence-corrected chi connectivity index (χ1v) is 6.09. The van der Waals surface area contributed by atoms with Crippen molar-refractivity contribution in [2.45, 2.75) is 51.8 Å². The minimum Gasteiger partial charge on any atom is -0.474 e. The molecule has 1 aromatic rings. The van der Waals surface area contributed by atoms with Crippen LogP contribution in [0.3, 0.4) is 0 Å². The fourth-order valence-electron chi connectivity index (χ4n) is 1.63. The Labute approximate surface area is 97.2 Å². The van der Waals surface area contributed by atoms with Crippen molar-refractivity contribution in [1.82, 2.24) is 10.3 Å². The molecule has 0 bridgehead atoms. The zero-order chi connectivity index (χ0) is 11.4. The Balaban J connectivity index is 1.98. The van der Waals surface area contributed by atoms with Crippen LogP contribution in [0.4, 0.5) is 0 Å². The molecule has 1 aliphatic carbocycles. The van der Waals surface area contributed by atoms with Gasteiger partial charge in [0.2, 0.25) is 5.88 Å². The molecule has 1 aliphatic rings. The fraction of sp³-hybridized carbons (Fsp3) is 0.615. The number of ether oxygens (including phenoxy) is 1. The van der Waals surface area contributed by atoms with Crippen LogP contribution in [0.5, 0.6) is 5.88 Å². The van der Waals surface area contributed by atoms with Crippen LogP contribution in [-0.2, 0) is 6.54 Å². The minimum atomic E-state index is 0.396. The van der Waals surface area contributed by atoms with Gasteiger partial charge in [0, 0.05) is 24.3 Å². The lowest BCUT2D eigenvalue weighted by molar-refractivity contribution is 0.113. The molecule has 0 saturated heterocycles. The van der Waals surface area contributed by atoms with Crippen molar-refractivity contribution < 1.29 is 4.74 Å². The van der Waals surface area contributed by atoms with Gasteiger partial charge in [-0.05, 0) is 25.3 Å². The zero-order valence-corrected chi connectivity index (χ0v) is 10.1. The van der Waals surface area contributed by atoms with Crippen LogP contribution >= 0.6 is 0 Å². The molecule has 0 radical (unpaired) electrons. The largest absolute Gasteiger partial charge is 0.474 e. The van der Waals surface area contributed by atoms with E-state index in [9.17, 15) is 0 Å². The summed E-state index contributed by atoms with van der Waals surface area (Å²) in [7, 11) is 0. The summed E-state index contributed by atoms with van der Waals surface area (Å²) in [6, 6.07) is 4.53. The summed E-state index contributed by atoms with van der Waals surface area (Å²) in [4.78, 5) is 4.32. The molecule has 0 atom stereocenters. The summed E-state index contributed by atoms with van der Waals surface area (Å²) >= 11 is 0. The Morgan fingerprint density at radius 3 is 2.94 bits per heavy atom. The van der Waals surface area contributed by atoms with Crippen molar-refractivity contribution in [3.63, 3.8) is 0 Å². The van der Waals surface area contributed by atoms with Gasteiger partial charge in [-0.25, -0.2) is 4.98 Å². The standard InChI is InChI=1S/C13H20N2O/c1-10(2)15-9-11-5-4-8-14-13(11)16-12-6-3-7-12/h4-5,8,10,12,15H,3,6-7,9H2,1-2H3. The van der Waals surface area contributed by atoms with Crippen molar-refractivity contribution >= 4 is 0 Å². The van der Waals surface area contributed by atoms with E-state index in [2.05, 4.69) is 30.2 Å². The molecule has 0 aromatic carbocycles. The quantitative estimate of drug-likeness (QED) is 0.828. The molecule has 3 heteroatoms. The number of nitrogens with one attached hydrogen (secondary N) is 1. The molecule has 0 amide bonds. The summed E-state index contributed by atoms with van der Waals surface area (Å²) in [6.07, 6.45) is 5.83. The summed E-state index contributed by atoms with van der Waals surface area (Å²) in [5.74, 6) is 0.806. The summed E-state index contributed by atoms with van der Waals surface area (Å²) in [5, 5.41) is 3.39. The van der Waals surface area contributed by atoms with Gasteiger partial charge in [-0.1, -0.05) is 19.9 Å². The second kappa shape index (κ2) is 5.30. The van der Waals surface area contributed by atoms with Gasteiger partial charge in [-0.15, -0.1) is 0 Å². The highest BCUT2D eigenvalue weighted by atomic mass is 16.5. The van der Waals surface area contributed by atoms with Crippen molar-refractivity contribution in [3.8, 4) is 5.88 Å². The number of aromatic nitrogens is 1. The van der Waals surface area contributed by atoms with Gasteiger partial charge in [-0.2, -0.15) is 0 Å². The molecule has 1 heterocycles. The maximum absolute atomic E-state index is 5.86. The normalized spacial score (nSPS) is 16.2. The smallest absolute Gasteiger partial charge is 0.218 e. The van der Waals surface area contributed by atoms with Gasteiger partial charge < -0.3 is 10.1 Å². The lowest BCUT2D eigenvalue weighted by atomic mass is 9.96. The average Bonchev–Trinajstić information content (AvgIpc) is 2.22. The van der Waals surface area contributed by atoms with Crippen molar-refractivity contribution in [1.29, 1.82) is 0 Å². The van der Waals surface area contributed by atoms with E-state index in [1.807, 2.05) is 6.07 Å². The molecule has 3 nitrogen and oxygen atoms in total. The molecular formula is C13H20N2O. The Morgan fingerprint density at radius 2 is 2.31 bits per heavy atom. The van der Waals surface area contributed by atoms with E-state index in [0.29, 0.717) is 12.1 Å². The highest BCUT2D eigenvalue weighted by Gasteiger charge is 2.20. The molecule has 0 spiro atoms. The maximum atomic E-state index is 5.86. The SMILES string of the molecule is CC(C)NCc1cccnc1OC1CCC1. The highest BCUT2D eigenvalue weighted by molar-refractivity contribution is 5.25. The van der Waals surface area contributed by atoms with E-state index in [4.69, 9.17) is 4.74 Å². The first-order valence-electron chi connectivity index (χ1n) is 6.09. The second-order valence-electron chi connectivity index (χ2n) is 4.67. The first-order chi connectivity index (χ1) is 7.75. The molecule has 1 aromatic heterocycles. The van der Waals surface area contributed by atoms with Crippen LogP contribution in [0.1, 0.15) is 38.7 Å². The summed E-state index contributed by atoms with van der Waals surface area (Å²) in [6.45, 7) is 5.11. The van der Waals surface area contributed by atoms with Crippen LogP contribution in [0, 0.1) is 0 Å². The van der Waals surface area contributed by atoms with E-state index >= 15 is 0 Å². The molecule has 1 fully saturated rings. The predicted molar refractivity (Wildman–Crippen MR) is 64.5 cm³/mol. The Hall–Kier alpha value is -1.09. The van der Waals surface area contributed by atoms with Gasteiger partial charge in [-0.3, -0.25) is 0 Å². The average molecular weight is 220 g/mol.